The number of hydrogen-bond acceptors (Lipinski definition) is 4. The summed E-state index contributed by atoms with van der Waals surface area (Å²) < 4.78 is 5.89. The van der Waals surface area contributed by atoms with E-state index in [0.717, 1.165) is 42.9 Å². The number of carbonyl (C=O) groups is 1. The fourth-order valence-electron chi connectivity index (χ4n) is 9.49. The first-order valence-corrected chi connectivity index (χ1v) is 16.3. The zero-order chi connectivity index (χ0) is 28.3. The predicted molar refractivity (Wildman–Crippen MR) is 162 cm³/mol. The van der Waals surface area contributed by atoms with Crippen LogP contribution in [-0.4, -0.2) is 22.3 Å². The fraction of sp³-hybridized carbons (Fsp3) is 0.694. The average molecular weight is 549 g/mol. The number of esters is 1. The molecule has 4 aliphatic rings. The number of aromatic hydroxyl groups is 2. The molecule has 7 atom stereocenters. The maximum absolute atomic E-state index is 12.6. The number of phenolic OH excluding ortho intramolecular Hbond substituents is 2. The summed E-state index contributed by atoms with van der Waals surface area (Å²) >= 11 is 0. The first-order chi connectivity index (χ1) is 19.2. The van der Waals surface area contributed by atoms with E-state index in [1.165, 1.54) is 101 Å². The van der Waals surface area contributed by atoms with Crippen LogP contribution in [0, 0.1) is 34.5 Å². The second kappa shape index (κ2) is 12.3. The van der Waals surface area contributed by atoms with Crippen LogP contribution in [0.3, 0.4) is 0 Å². The largest absolute Gasteiger partial charge is 0.504 e. The minimum atomic E-state index is -0.341. The summed E-state index contributed by atoms with van der Waals surface area (Å²) in [6.07, 6.45) is 25.2. The van der Waals surface area contributed by atoms with Gasteiger partial charge >= 0.3 is 5.97 Å². The Morgan fingerprint density at radius 3 is 2.58 bits per heavy atom. The minimum Gasteiger partial charge on any atom is -0.504 e. The molecule has 4 heteroatoms. The molecule has 0 amide bonds. The molecular weight excluding hydrogens is 496 g/mol. The van der Waals surface area contributed by atoms with E-state index in [2.05, 4.69) is 26.8 Å². The van der Waals surface area contributed by atoms with Gasteiger partial charge in [-0.15, -0.1) is 0 Å². The van der Waals surface area contributed by atoms with Gasteiger partial charge in [0.15, 0.2) is 11.5 Å². The van der Waals surface area contributed by atoms with E-state index in [0.29, 0.717) is 11.0 Å². The highest BCUT2D eigenvalue weighted by atomic mass is 16.5. The molecule has 2 N–H and O–H groups in total. The molecule has 3 fully saturated rings. The van der Waals surface area contributed by atoms with Crippen LogP contribution in [0.2, 0.25) is 0 Å². The van der Waals surface area contributed by atoms with Gasteiger partial charge in [0.05, 0.1) is 0 Å². The first kappa shape index (κ1) is 29.3. The number of rotatable bonds is 10. The summed E-state index contributed by atoms with van der Waals surface area (Å²) in [6, 6.07) is 4.51. The molecule has 3 saturated carbocycles. The third-order valence-electron chi connectivity index (χ3n) is 11.9. The highest BCUT2D eigenvalue weighted by molar-refractivity contribution is 5.87. The number of unbranched alkanes of at least 4 members (excludes halogenated alkanes) is 5. The molecule has 1 aromatic rings. The highest BCUT2D eigenvalue weighted by Crippen LogP contribution is 2.66. The van der Waals surface area contributed by atoms with Crippen LogP contribution in [0.4, 0.5) is 0 Å². The smallest absolute Gasteiger partial charge is 0.331 e. The van der Waals surface area contributed by atoms with Gasteiger partial charge in [-0.05, 0) is 110 Å². The molecule has 0 bridgehead atoms. The lowest BCUT2D eigenvalue weighted by Gasteiger charge is -2.58. The average Bonchev–Trinajstić information content (AvgIpc) is 3.27. The Bertz CT molecular complexity index is 1100. The van der Waals surface area contributed by atoms with Crippen molar-refractivity contribution in [1.29, 1.82) is 0 Å². The Morgan fingerprint density at radius 2 is 1.77 bits per heavy atom. The van der Waals surface area contributed by atoms with E-state index in [9.17, 15) is 15.0 Å². The predicted octanol–water partition coefficient (Wildman–Crippen LogP) is 9.35. The van der Waals surface area contributed by atoms with Crippen LogP contribution in [0.15, 0.2) is 35.9 Å². The van der Waals surface area contributed by atoms with Gasteiger partial charge in [0.25, 0.3) is 0 Å². The molecule has 1 aromatic carbocycles. The van der Waals surface area contributed by atoms with Crippen molar-refractivity contribution in [2.45, 2.75) is 123 Å². The van der Waals surface area contributed by atoms with E-state index < -0.39 is 0 Å². The molecule has 0 aliphatic heterocycles. The lowest BCUT2D eigenvalue weighted by molar-refractivity contribution is -0.145. The number of fused-ring (bicyclic) bond motifs is 5. The molecule has 0 radical (unpaired) electrons. The van der Waals surface area contributed by atoms with Crippen molar-refractivity contribution in [3.8, 4) is 11.5 Å². The van der Waals surface area contributed by atoms with Gasteiger partial charge in [-0.25, -0.2) is 4.79 Å². The molecule has 4 nitrogen and oxygen atoms in total. The normalized spacial score (nSPS) is 35.1. The second-order valence-electron chi connectivity index (χ2n) is 14.0. The maximum Gasteiger partial charge on any atom is 0.331 e. The van der Waals surface area contributed by atoms with Gasteiger partial charge in [-0.2, -0.15) is 0 Å². The first-order valence-electron chi connectivity index (χ1n) is 16.3. The monoisotopic (exact) mass is 548 g/mol. The summed E-state index contributed by atoms with van der Waals surface area (Å²) in [5, 5.41) is 19.2. The van der Waals surface area contributed by atoms with Gasteiger partial charge < -0.3 is 14.9 Å². The Kier molecular flexibility index (Phi) is 9.02. The lowest BCUT2D eigenvalue weighted by Crippen LogP contribution is -2.50. The zero-order valence-electron chi connectivity index (χ0n) is 25.2. The lowest BCUT2D eigenvalue weighted by atomic mass is 9.47. The Labute approximate surface area is 242 Å². The van der Waals surface area contributed by atoms with Crippen molar-refractivity contribution in [1.82, 2.24) is 0 Å². The SMILES string of the molecule is CCCCCCCCC1CCC2C3CC=C4CC(OC(=O)/C=C/c5ccc(O)c(O)c5)CCC4(C)C3CCC12C. The quantitative estimate of drug-likeness (QED) is 0.100. The summed E-state index contributed by atoms with van der Waals surface area (Å²) in [5.41, 5.74) is 2.98. The number of phenols is 2. The van der Waals surface area contributed by atoms with Crippen molar-refractivity contribution in [3.05, 3.63) is 41.5 Å². The minimum absolute atomic E-state index is 0.0664. The van der Waals surface area contributed by atoms with E-state index in [-0.39, 0.29) is 29.0 Å². The molecule has 220 valence electrons. The van der Waals surface area contributed by atoms with Crippen molar-refractivity contribution >= 4 is 12.0 Å². The third kappa shape index (κ3) is 5.88. The van der Waals surface area contributed by atoms with Crippen LogP contribution in [0.5, 0.6) is 11.5 Å². The summed E-state index contributed by atoms with van der Waals surface area (Å²) in [5.74, 6) is 2.70. The highest BCUT2D eigenvalue weighted by Gasteiger charge is 2.58. The number of benzene rings is 1. The van der Waals surface area contributed by atoms with Crippen molar-refractivity contribution < 1.29 is 19.7 Å². The molecule has 5 rings (SSSR count). The Hall–Kier alpha value is -2.23. The van der Waals surface area contributed by atoms with E-state index in [1.807, 2.05) is 0 Å². The summed E-state index contributed by atoms with van der Waals surface area (Å²) in [7, 11) is 0. The second-order valence-corrected chi connectivity index (χ2v) is 14.0. The Balaban J connectivity index is 1.17. The van der Waals surface area contributed by atoms with Crippen LogP contribution in [0.1, 0.15) is 123 Å². The molecule has 0 spiro atoms. The molecule has 40 heavy (non-hydrogen) atoms. The topological polar surface area (TPSA) is 66.8 Å². The van der Waals surface area contributed by atoms with Crippen LogP contribution in [0.25, 0.3) is 6.08 Å². The molecule has 0 heterocycles. The Morgan fingerprint density at radius 1 is 0.975 bits per heavy atom. The maximum atomic E-state index is 12.6. The molecule has 4 aliphatic carbocycles. The molecular formula is C36H52O4. The molecule has 0 saturated heterocycles. The molecule has 7 unspecified atom stereocenters. The zero-order valence-corrected chi connectivity index (χ0v) is 25.2. The van der Waals surface area contributed by atoms with E-state index >= 15 is 0 Å². The standard InChI is InChI=1S/C36H52O4/c1-4-5-6-7-8-9-10-26-14-16-30-29-15-13-27-24-28(19-21-36(27,3)31(29)20-22-35(26,30)2)40-34(39)18-12-25-11-17-32(37)33(38)23-25/h11-13,17-18,23,26,28-31,37-38H,4-10,14-16,19-22,24H2,1-3H3/b18-12+. The van der Waals surface area contributed by atoms with Crippen LogP contribution < -0.4 is 0 Å². The van der Waals surface area contributed by atoms with Gasteiger partial charge in [0.1, 0.15) is 6.10 Å². The summed E-state index contributed by atoms with van der Waals surface area (Å²) in [4.78, 5) is 12.6. The van der Waals surface area contributed by atoms with Gasteiger partial charge in [-0.1, -0.05) is 77.0 Å². The van der Waals surface area contributed by atoms with E-state index in [1.54, 1.807) is 12.1 Å². The van der Waals surface area contributed by atoms with E-state index in [4.69, 9.17) is 4.74 Å². The van der Waals surface area contributed by atoms with Crippen molar-refractivity contribution in [2.24, 2.45) is 34.5 Å². The van der Waals surface area contributed by atoms with Crippen LogP contribution >= 0.6 is 0 Å². The number of carbonyl (C=O) groups excluding carboxylic acids is 1. The number of allylic oxidation sites excluding steroid dienone is 1. The van der Waals surface area contributed by atoms with Gasteiger partial charge in [-0.3, -0.25) is 0 Å². The molecule has 0 aromatic heterocycles. The van der Waals surface area contributed by atoms with Crippen molar-refractivity contribution in [3.63, 3.8) is 0 Å². The van der Waals surface area contributed by atoms with Gasteiger partial charge in [0.2, 0.25) is 0 Å². The van der Waals surface area contributed by atoms with Crippen molar-refractivity contribution in [2.75, 3.05) is 0 Å². The summed E-state index contributed by atoms with van der Waals surface area (Å²) in [6.45, 7) is 7.48. The number of hydrogen-bond donors (Lipinski definition) is 2. The number of ether oxygens (including phenoxy) is 1. The van der Waals surface area contributed by atoms with Crippen LogP contribution in [-0.2, 0) is 9.53 Å². The third-order valence-corrected chi connectivity index (χ3v) is 11.9. The van der Waals surface area contributed by atoms with Gasteiger partial charge in [0, 0.05) is 12.5 Å². The fourth-order valence-corrected chi connectivity index (χ4v) is 9.49.